The molecule has 0 spiro atoms. The Bertz CT molecular complexity index is 249. The van der Waals surface area contributed by atoms with Crippen molar-refractivity contribution in [3.63, 3.8) is 0 Å². The normalized spacial score (nSPS) is 21.3. The third-order valence-corrected chi connectivity index (χ3v) is 3.78. The molecular weight excluding hydrogens is 226 g/mol. The van der Waals surface area contributed by atoms with E-state index in [9.17, 15) is 4.79 Å². The van der Waals surface area contributed by atoms with Crippen LogP contribution >= 0.6 is 0 Å². The van der Waals surface area contributed by atoms with E-state index >= 15 is 0 Å². The van der Waals surface area contributed by atoms with Crippen molar-refractivity contribution in [3.8, 4) is 0 Å². The number of carbonyl (C=O) groups is 1. The molecule has 1 aliphatic heterocycles. The fourth-order valence-electron chi connectivity index (χ4n) is 2.78. The number of hydrogen-bond donors (Lipinski definition) is 0. The standard InChI is InChI=1S/C15H29NO2/c1-5-14(6-2)16(9-12(3)4)10-13-11-18-8-7-15(13)17/h12-14H,5-11H2,1-4H3. The van der Waals surface area contributed by atoms with Crippen molar-refractivity contribution < 1.29 is 9.53 Å². The van der Waals surface area contributed by atoms with E-state index in [2.05, 4.69) is 32.6 Å². The molecule has 1 aliphatic rings. The monoisotopic (exact) mass is 255 g/mol. The predicted molar refractivity (Wildman–Crippen MR) is 74.7 cm³/mol. The summed E-state index contributed by atoms with van der Waals surface area (Å²) < 4.78 is 5.46. The summed E-state index contributed by atoms with van der Waals surface area (Å²) in [5.74, 6) is 1.13. The number of rotatable bonds is 7. The number of carbonyl (C=O) groups excluding carboxylic acids is 1. The van der Waals surface area contributed by atoms with E-state index in [0.717, 1.165) is 25.9 Å². The topological polar surface area (TPSA) is 29.5 Å². The van der Waals surface area contributed by atoms with Gasteiger partial charge in [-0.1, -0.05) is 27.7 Å². The first-order valence-electron chi connectivity index (χ1n) is 7.42. The largest absolute Gasteiger partial charge is 0.380 e. The summed E-state index contributed by atoms with van der Waals surface area (Å²) in [5.41, 5.74) is 0. The fourth-order valence-corrected chi connectivity index (χ4v) is 2.78. The van der Waals surface area contributed by atoms with E-state index in [1.165, 1.54) is 0 Å². The number of ketones is 1. The van der Waals surface area contributed by atoms with Crippen molar-refractivity contribution in [2.24, 2.45) is 11.8 Å². The van der Waals surface area contributed by atoms with Crippen LogP contribution in [0.3, 0.4) is 0 Å². The van der Waals surface area contributed by atoms with Crippen LogP contribution in [0.4, 0.5) is 0 Å². The highest BCUT2D eigenvalue weighted by Gasteiger charge is 2.27. The molecule has 0 radical (unpaired) electrons. The first-order chi connectivity index (χ1) is 8.58. The lowest BCUT2D eigenvalue weighted by molar-refractivity contribution is -0.131. The summed E-state index contributed by atoms with van der Waals surface area (Å²) in [7, 11) is 0. The molecule has 18 heavy (non-hydrogen) atoms. The Balaban J connectivity index is 2.61. The lowest BCUT2D eigenvalue weighted by Crippen LogP contribution is -2.44. The van der Waals surface area contributed by atoms with Crippen LogP contribution in [0.2, 0.25) is 0 Å². The Morgan fingerprint density at radius 2 is 2.00 bits per heavy atom. The summed E-state index contributed by atoms with van der Waals surface area (Å²) in [4.78, 5) is 14.4. The fraction of sp³-hybridized carbons (Fsp3) is 0.933. The van der Waals surface area contributed by atoms with Gasteiger partial charge in [0.15, 0.2) is 0 Å². The molecule has 1 fully saturated rings. The zero-order valence-electron chi connectivity index (χ0n) is 12.4. The second-order valence-electron chi connectivity index (χ2n) is 5.81. The molecule has 3 heteroatoms. The average Bonchev–Trinajstić information content (AvgIpc) is 2.32. The van der Waals surface area contributed by atoms with Crippen molar-refractivity contribution in [3.05, 3.63) is 0 Å². The van der Waals surface area contributed by atoms with Gasteiger partial charge in [0.2, 0.25) is 0 Å². The first kappa shape index (κ1) is 15.6. The molecule has 106 valence electrons. The number of hydrogen-bond acceptors (Lipinski definition) is 3. The summed E-state index contributed by atoms with van der Waals surface area (Å²) in [6, 6.07) is 0.599. The van der Waals surface area contributed by atoms with Crippen molar-refractivity contribution in [2.45, 2.75) is 53.0 Å². The lowest BCUT2D eigenvalue weighted by atomic mass is 9.97. The minimum absolute atomic E-state index is 0.0955. The minimum atomic E-state index is 0.0955. The van der Waals surface area contributed by atoms with Crippen LogP contribution in [-0.4, -0.2) is 43.0 Å². The highest BCUT2D eigenvalue weighted by atomic mass is 16.5. The van der Waals surface area contributed by atoms with E-state index in [4.69, 9.17) is 4.74 Å². The van der Waals surface area contributed by atoms with Crippen LogP contribution in [0.15, 0.2) is 0 Å². The molecule has 1 atom stereocenters. The molecule has 0 aromatic rings. The first-order valence-corrected chi connectivity index (χ1v) is 7.42. The van der Waals surface area contributed by atoms with Gasteiger partial charge in [0.05, 0.1) is 19.1 Å². The second kappa shape index (κ2) is 7.90. The van der Waals surface area contributed by atoms with Gasteiger partial charge in [-0.3, -0.25) is 9.69 Å². The second-order valence-corrected chi connectivity index (χ2v) is 5.81. The van der Waals surface area contributed by atoms with Crippen molar-refractivity contribution in [1.29, 1.82) is 0 Å². The highest BCUT2D eigenvalue weighted by molar-refractivity contribution is 5.82. The molecule has 0 N–H and O–H groups in total. The SMILES string of the molecule is CCC(CC)N(CC(C)C)CC1COCCC1=O. The number of nitrogens with zero attached hydrogens (tertiary/aromatic N) is 1. The van der Waals surface area contributed by atoms with Gasteiger partial charge >= 0.3 is 0 Å². The van der Waals surface area contributed by atoms with Crippen LogP contribution in [-0.2, 0) is 9.53 Å². The Hall–Kier alpha value is -0.410. The van der Waals surface area contributed by atoms with E-state index in [-0.39, 0.29) is 5.92 Å². The molecule has 0 saturated carbocycles. The maximum atomic E-state index is 11.9. The third-order valence-electron chi connectivity index (χ3n) is 3.78. The molecule has 1 rings (SSSR count). The Morgan fingerprint density at radius 1 is 1.33 bits per heavy atom. The molecule has 1 heterocycles. The number of Topliss-reactive ketones (excluding diaryl/α,β-unsaturated/α-hetero) is 1. The Morgan fingerprint density at radius 3 is 2.50 bits per heavy atom. The van der Waals surface area contributed by atoms with Crippen molar-refractivity contribution in [1.82, 2.24) is 4.90 Å². The van der Waals surface area contributed by atoms with Gasteiger partial charge in [0.1, 0.15) is 5.78 Å². The van der Waals surface area contributed by atoms with E-state index in [1.807, 2.05) is 0 Å². The summed E-state index contributed by atoms with van der Waals surface area (Å²) in [6.45, 7) is 12.2. The molecule has 0 aliphatic carbocycles. The van der Waals surface area contributed by atoms with Gasteiger partial charge in [0, 0.05) is 25.6 Å². The molecule has 0 amide bonds. The minimum Gasteiger partial charge on any atom is -0.380 e. The van der Waals surface area contributed by atoms with Gasteiger partial charge in [-0.2, -0.15) is 0 Å². The highest BCUT2D eigenvalue weighted by Crippen LogP contribution is 2.17. The van der Waals surface area contributed by atoms with E-state index in [0.29, 0.717) is 37.4 Å². The predicted octanol–water partition coefficient (Wildman–Crippen LogP) is 2.74. The smallest absolute Gasteiger partial charge is 0.141 e. The Kier molecular flexibility index (Phi) is 6.87. The molecule has 3 nitrogen and oxygen atoms in total. The van der Waals surface area contributed by atoms with Gasteiger partial charge in [-0.05, 0) is 18.8 Å². The maximum Gasteiger partial charge on any atom is 0.141 e. The van der Waals surface area contributed by atoms with Crippen LogP contribution in [0.25, 0.3) is 0 Å². The Labute approximate surface area is 112 Å². The molecule has 0 bridgehead atoms. The van der Waals surface area contributed by atoms with Crippen LogP contribution in [0.5, 0.6) is 0 Å². The zero-order chi connectivity index (χ0) is 13.5. The molecule has 1 unspecified atom stereocenters. The average molecular weight is 255 g/mol. The van der Waals surface area contributed by atoms with E-state index in [1.54, 1.807) is 0 Å². The summed E-state index contributed by atoms with van der Waals surface area (Å²) >= 11 is 0. The van der Waals surface area contributed by atoms with Gasteiger partial charge in [0.25, 0.3) is 0 Å². The van der Waals surface area contributed by atoms with Gasteiger partial charge in [-0.15, -0.1) is 0 Å². The summed E-state index contributed by atoms with van der Waals surface area (Å²) in [6.07, 6.45) is 2.92. The third kappa shape index (κ3) is 4.69. The van der Waals surface area contributed by atoms with E-state index < -0.39 is 0 Å². The van der Waals surface area contributed by atoms with Crippen molar-refractivity contribution in [2.75, 3.05) is 26.3 Å². The molecular formula is C15H29NO2. The van der Waals surface area contributed by atoms with Crippen LogP contribution < -0.4 is 0 Å². The maximum absolute atomic E-state index is 11.9. The van der Waals surface area contributed by atoms with Crippen LogP contribution in [0, 0.1) is 11.8 Å². The molecule has 0 aromatic heterocycles. The zero-order valence-corrected chi connectivity index (χ0v) is 12.4. The van der Waals surface area contributed by atoms with Crippen molar-refractivity contribution >= 4 is 5.78 Å². The molecule has 0 aromatic carbocycles. The lowest BCUT2D eigenvalue weighted by Gasteiger charge is -2.35. The van der Waals surface area contributed by atoms with Crippen LogP contribution in [0.1, 0.15) is 47.0 Å². The quantitative estimate of drug-likeness (QED) is 0.700. The number of ether oxygens (including phenoxy) is 1. The summed E-state index contributed by atoms with van der Waals surface area (Å²) in [5, 5.41) is 0. The molecule has 1 saturated heterocycles. The van der Waals surface area contributed by atoms with Gasteiger partial charge in [-0.25, -0.2) is 0 Å². The van der Waals surface area contributed by atoms with Gasteiger partial charge < -0.3 is 4.74 Å².